The van der Waals surface area contributed by atoms with Crippen LogP contribution in [0.1, 0.15) is 16.8 Å². The van der Waals surface area contributed by atoms with Crippen LogP contribution in [0.2, 0.25) is 0 Å². The molecule has 1 aromatic heterocycles. The molecular weight excluding hydrogens is 322 g/mol. The van der Waals surface area contributed by atoms with Gasteiger partial charge in [-0.3, -0.25) is 4.79 Å². The zero-order valence-corrected chi connectivity index (χ0v) is 12.9. The Morgan fingerprint density at radius 3 is 2.91 bits per heavy atom. The molecule has 0 radical (unpaired) electrons. The molecule has 1 fully saturated rings. The number of nitrogens with zero attached hydrogens (tertiary/aromatic N) is 1. The maximum Gasteiger partial charge on any atom is 0.255 e. The van der Waals surface area contributed by atoms with Crippen LogP contribution in [0.3, 0.4) is 0 Å². The number of hydrogen-bond acceptors (Lipinski definition) is 4. The van der Waals surface area contributed by atoms with E-state index in [1.807, 2.05) is 11.8 Å². The fourth-order valence-electron chi connectivity index (χ4n) is 2.18. The predicted molar refractivity (Wildman–Crippen MR) is 84.9 cm³/mol. The first kappa shape index (κ1) is 15.7. The van der Waals surface area contributed by atoms with Gasteiger partial charge in [0.15, 0.2) is 0 Å². The van der Waals surface area contributed by atoms with Gasteiger partial charge in [-0.1, -0.05) is 0 Å². The second kappa shape index (κ2) is 6.95. The van der Waals surface area contributed by atoms with E-state index in [2.05, 4.69) is 10.3 Å². The molecule has 4 nitrogen and oxygen atoms in total. The van der Waals surface area contributed by atoms with Gasteiger partial charge in [-0.25, -0.2) is 13.8 Å². The second-order valence-corrected chi connectivity index (χ2v) is 6.21. The number of aromatic nitrogens is 1. The standard InChI is InChI=1S/C16H14F2N2O2S/c17-11-1-2-14(13(18)8-11)20-16(21)10-3-5-19-15(7-10)22-12-4-6-23-9-12/h1-3,5,7-8,12H,4,6,9H2,(H,20,21)/t12-/m1/s1. The van der Waals surface area contributed by atoms with E-state index in [4.69, 9.17) is 4.74 Å². The fourth-order valence-corrected chi connectivity index (χ4v) is 3.27. The van der Waals surface area contributed by atoms with Crippen molar-refractivity contribution in [3.63, 3.8) is 0 Å². The molecule has 0 aliphatic carbocycles. The average molecular weight is 336 g/mol. The van der Waals surface area contributed by atoms with Gasteiger partial charge < -0.3 is 10.1 Å². The monoisotopic (exact) mass is 336 g/mol. The van der Waals surface area contributed by atoms with Crippen LogP contribution >= 0.6 is 11.8 Å². The third kappa shape index (κ3) is 3.98. The smallest absolute Gasteiger partial charge is 0.255 e. The SMILES string of the molecule is O=C(Nc1ccc(F)cc1F)c1ccnc(O[C@@H]2CCSC2)c1. The van der Waals surface area contributed by atoms with Gasteiger partial charge in [-0.15, -0.1) is 0 Å². The number of carbonyl (C=O) groups excluding carboxylic acids is 1. The van der Waals surface area contributed by atoms with Crippen molar-refractivity contribution in [1.82, 2.24) is 4.98 Å². The summed E-state index contributed by atoms with van der Waals surface area (Å²) in [6.07, 6.45) is 2.51. The predicted octanol–water partition coefficient (Wildman–Crippen LogP) is 3.50. The van der Waals surface area contributed by atoms with Crippen molar-refractivity contribution in [3.05, 3.63) is 53.7 Å². The Labute approximate surface area is 136 Å². The van der Waals surface area contributed by atoms with Crippen molar-refractivity contribution in [1.29, 1.82) is 0 Å². The Bertz CT molecular complexity index is 721. The minimum atomic E-state index is -0.827. The van der Waals surface area contributed by atoms with E-state index in [1.54, 1.807) is 0 Å². The first-order valence-corrected chi connectivity index (χ1v) is 8.24. The van der Waals surface area contributed by atoms with Gasteiger partial charge in [0.25, 0.3) is 5.91 Å². The number of carbonyl (C=O) groups is 1. The minimum absolute atomic E-state index is 0.0807. The number of halogens is 2. The molecule has 23 heavy (non-hydrogen) atoms. The topological polar surface area (TPSA) is 51.2 Å². The zero-order valence-electron chi connectivity index (χ0n) is 12.1. The van der Waals surface area contributed by atoms with Crippen molar-refractivity contribution in [2.75, 3.05) is 16.8 Å². The quantitative estimate of drug-likeness (QED) is 0.928. The molecule has 1 N–H and O–H groups in total. The molecule has 1 aromatic carbocycles. The van der Waals surface area contributed by atoms with Gasteiger partial charge in [0.2, 0.25) is 5.88 Å². The Hall–Kier alpha value is -2.15. The highest BCUT2D eigenvalue weighted by molar-refractivity contribution is 7.99. The van der Waals surface area contributed by atoms with Crippen LogP contribution in [-0.4, -0.2) is 28.5 Å². The maximum absolute atomic E-state index is 13.6. The molecule has 1 saturated heterocycles. The summed E-state index contributed by atoms with van der Waals surface area (Å²) in [7, 11) is 0. The Balaban J connectivity index is 1.71. The largest absolute Gasteiger partial charge is 0.473 e. The molecule has 1 aliphatic rings. The van der Waals surface area contributed by atoms with Crippen LogP contribution in [0.4, 0.5) is 14.5 Å². The molecule has 0 spiro atoms. The van der Waals surface area contributed by atoms with E-state index in [-0.39, 0.29) is 11.8 Å². The summed E-state index contributed by atoms with van der Waals surface area (Å²) in [6.45, 7) is 0. The molecule has 2 heterocycles. The molecule has 120 valence electrons. The molecule has 1 amide bonds. The van der Waals surface area contributed by atoms with Crippen molar-refractivity contribution in [3.8, 4) is 5.88 Å². The van der Waals surface area contributed by atoms with Crippen molar-refractivity contribution in [2.45, 2.75) is 12.5 Å². The third-order valence-corrected chi connectivity index (χ3v) is 4.48. The van der Waals surface area contributed by atoms with Gasteiger partial charge >= 0.3 is 0 Å². The summed E-state index contributed by atoms with van der Waals surface area (Å²) >= 11 is 1.81. The van der Waals surface area contributed by atoms with E-state index in [1.165, 1.54) is 24.4 Å². The molecule has 7 heteroatoms. The van der Waals surface area contributed by atoms with E-state index >= 15 is 0 Å². The van der Waals surface area contributed by atoms with E-state index < -0.39 is 17.5 Å². The summed E-state index contributed by atoms with van der Waals surface area (Å²) in [5.41, 5.74) is 0.215. The van der Waals surface area contributed by atoms with Crippen molar-refractivity contribution < 1.29 is 18.3 Å². The summed E-state index contributed by atoms with van der Waals surface area (Å²) in [4.78, 5) is 16.3. The Kier molecular flexibility index (Phi) is 4.76. The van der Waals surface area contributed by atoms with Gasteiger partial charge in [-0.05, 0) is 30.4 Å². The van der Waals surface area contributed by atoms with Crippen LogP contribution in [-0.2, 0) is 0 Å². The first-order chi connectivity index (χ1) is 11.1. The van der Waals surface area contributed by atoms with Crippen LogP contribution in [0, 0.1) is 11.6 Å². The summed E-state index contributed by atoms with van der Waals surface area (Å²) in [6, 6.07) is 6.00. The van der Waals surface area contributed by atoms with Crippen molar-refractivity contribution >= 4 is 23.4 Å². The normalized spacial score (nSPS) is 17.0. The lowest BCUT2D eigenvalue weighted by molar-refractivity contribution is 0.102. The van der Waals surface area contributed by atoms with Crippen molar-refractivity contribution in [2.24, 2.45) is 0 Å². The second-order valence-electron chi connectivity index (χ2n) is 5.06. The number of pyridine rings is 1. The first-order valence-electron chi connectivity index (χ1n) is 7.08. The van der Waals surface area contributed by atoms with Crippen LogP contribution in [0.25, 0.3) is 0 Å². The maximum atomic E-state index is 13.6. The lowest BCUT2D eigenvalue weighted by Gasteiger charge is -2.12. The molecule has 0 bridgehead atoms. The minimum Gasteiger partial charge on any atom is -0.473 e. The number of thioether (sulfide) groups is 1. The fraction of sp³-hybridized carbons (Fsp3) is 0.250. The molecule has 0 unspecified atom stereocenters. The Morgan fingerprint density at radius 2 is 2.17 bits per heavy atom. The van der Waals surface area contributed by atoms with Gasteiger partial charge in [0.05, 0.1) is 5.69 Å². The number of amides is 1. The molecule has 0 saturated carbocycles. The average Bonchev–Trinajstić information content (AvgIpc) is 3.03. The number of ether oxygens (including phenoxy) is 1. The highest BCUT2D eigenvalue weighted by Crippen LogP contribution is 2.23. The van der Waals surface area contributed by atoms with Gasteiger partial charge in [0, 0.05) is 29.6 Å². The lowest BCUT2D eigenvalue weighted by atomic mass is 10.2. The zero-order chi connectivity index (χ0) is 16.2. The van der Waals surface area contributed by atoms with Crippen LogP contribution in [0.15, 0.2) is 36.5 Å². The number of rotatable bonds is 4. The third-order valence-electron chi connectivity index (χ3n) is 3.35. The van der Waals surface area contributed by atoms with Crippen LogP contribution < -0.4 is 10.1 Å². The van der Waals surface area contributed by atoms with Gasteiger partial charge in [-0.2, -0.15) is 11.8 Å². The van der Waals surface area contributed by atoms with Gasteiger partial charge in [0.1, 0.15) is 17.7 Å². The highest BCUT2D eigenvalue weighted by atomic mass is 32.2. The molecule has 3 rings (SSSR count). The number of benzene rings is 1. The van der Waals surface area contributed by atoms with E-state index in [9.17, 15) is 13.6 Å². The molecule has 2 aromatic rings. The summed E-state index contributed by atoms with van der Waals surface area (Å²) in [5.74, 6) is 0.280. The summed E-state index contributed by atoms with van der Waals surface area (Å²) < 4.78 is 32.2. The molecule has 1 aliphatic heterocycles. The molecular formula is C16H14F2N2O2S. The summed E-state index contributed by atoms with van der Waals surface area (Å²) in [5, 5.41) is 2.41. The molecule has 1 atom stereocenters. The highest BCUT2D eigenvalue weighted by Gasteiger charge is 2.18. The lowest BCUT2D eigenvalue weighted by Crippen LogP contribution is -2.17. The Morgan fingerprint density at radius 1 is 1.30 bits per heavy atom. The van der Waals surface area contributed by atoms with Crippen LogP contribution in [0.5, 0.6) is 5.88 Å². The number of anilines is 1. The van der Waals surface area contributed by atoms with E-state index in [0.29, 0.717) is 17.5 Å². The number of nitrogens with one attached hydrogen (secondary N) is 1. The van der Waals surface area contributed by atoms with E-state index in [0.717, 1.165) is 24.0 Å². The number of hydrogen-bond donors (Lipinski definition) is 1.